The van der Waals surface area contributed by atoms with Gasteiger partial charge in [-0.2, -0.15) is 0 Å². The van der Waals surface area contributed by atoms with Gasteiger partial charge >= 0.3 is 0 Å². The molecule has 142 valence electrons. The Balaban J connectivity index is 1.58. The van der Waals surface area contributed by atoms with Crippen LogP contribution in [0.25, 0.3) is 10.9 Å². The number of nitrogens with zero attached hydrogens (tertiary/aromatic N) is 3. The van der Waals surface area contributed by atoms with Gasteiger partial charge in [0.1, 0.15) is 6.54 Å². The highest BCUT2D eigenvalue weighted by Gasteiger charge is 2.48. The van der Waals surface area contributed by atoms with Gasteiger partial charge in [-0.3, -0.25) is 14.4 Å². The van der Waals surface area contributed by atoms with Crippen LogP contribution in [0, 0.1) is 12.3 Å². The standard InChI is InChI=1S/C21H25N3O3/c1-15-12-18(25)16-6-3-4-7-17(16)24(15)13-19(26)23-11-9-21(14-23)8-5-10-22(2)20(21)27/h3-4,6-7,12H,5,8-11,13-14H2,1-2H3/t21-/m1/s1. The van der Waals surface area contributed by atoms with Gasteiger partial charge in [-0.05, 0) is 38.3 Å². The minimum absolute atomic E-state index is 0.00445. The Morgan fingerprint density at radius 3 is 2.74 bits per heavy atom. The number of fused-ring (bicyclic) bond motifs is 1. The van der Waals surface area contributed by atoms with E-state index in [0.29, 0.717) is 18.5 Å². The van der Waals surface area contributed by atoms with E-state index in [-0.39, 0.29) is 23.8 Å². The quantitative estimate of drug-likeness (QED) is 0.813. The summed E-state index contributed by atoms with van der Waals surface area (Å²) in [4.78, 5) is 41.5. The predicted molar refractivity (Wildman–Crippen MR) is 103 cm³/mol. The predicted octanol–water partition coefficient (Wildman–Crippen LogP) is 1.78. The molecule has 2 fully saturated rings. The van der Waals surface area contributed by atoms with Crippen molar-refractivity contribution in [2.75, 3.05) is 26.7 Å². The van der Waals surface area contributed by atoms with Gasteiger partial charge < -0.3 is 14.4 Å². The van der Waals surface area contributed by atoms with Crippen LogP contribution in [0.2, 0.25) is 0 Å². The van der Waals surface area contributed by atoms with Crippen molar-refractivity contribution >= 4 is 22.7 Å². The van der Waals surface area contributed by atoms with Crippen LogP contribution in [0.5, 0.6) is 0 Å². The highest BCUT2D eigenvalue weighted by molar-refractivity contribution is 5.86. The van der Waals surface area contributed by atoms with E-state index >= 15 is 0 Å². The number of carbonyl (C=O) groups is 2. The summed E-state index contributed by atoms with van der Waals surface area (Å²) in [5, 5.41) is 0.623. The molecule has 4 rings (SSSR count). The Hall–Kier alpha value is -2.63. The number of benzene rings is 1. The van der Waals surface area contributed by atoms with E-state index in [9.17, 15) is 14.4 Å². The number of para-hydroxylation sites is 1. The topological polar surface area (TPSA) is 62.6 Å². The molecule has 1 aromatic heterocycles. The van der Waals surface area contributed by atoms with E-state index < -0.39 is 5.41 Å². The third-order valence-corrected chi connectivity index (χ3v) is 6.18. The Bertz CT molecular complexity index is 980. The van der Waals surface area contributed by atoms with E-state index in [1.54, 1.807) is 17.0 Å². The maximum absolute atomic E-state index is 13.0. The number of pyridine rings is 1. The first-order chi connectivity index (χ1) is 12.9. The third-order valence-electron chi connectivity index (χ3n) is 6.18. The van der Waals surface area contributed by atoms with Crippen LogP contribution in [-0.2, 0) is 16.1 Å². The van der Waals surface area contributed by atoms with Crippen molar-refractivity contribution in [1.82, 2.24) is 14.4 Å². The molecule has 6 heteroatoms. The molecule has 2 aromatic rings. The number of piperidine rings is 1. The second-order valence-corrected chi connectivity index (χ2v) is 7.93. The highest BCUT2D eigenvalue weighted by Crippen LogP contribution is 2.39. The zero-order valence-corrected chi connectivity index (χ0v) is 15.9. The van der Waals surface area contributed by atoms with Crippen molar-refractivity contribution in [3.05, 3.63) is 46.2 Å². The van der Waals surface area contributed by atoms with Crippen LogP contribution in [-0.4, -0.2) is 52.9 Å². The minimum atomic E-state index is -0.399. The molecule has 0 aliphatic carbocycles. The fourth-order valence-corrected chi connectivity index (χ4v) is 4.63. The van der Waals surface area contributed by atoms with Gasteiger partial charge in [0.15, 0.2) is 5.43 Å². The first-order valence-electron chi connectivity index (χ1n) is 9.54. The zero-order chi connectivity index (χ0) is 19.2. The summed E-state index contributed by atoms with van der Waals surface area (Å²) < 4.78 is 1.90. The van der Waals surface area contributed by atoms with Crippen molar-refractivity contribution in [1.29, 1.82) is 0 Å². The fraction of sp³-hybridized carbons (Fsp3) is 0.476. The number of likely N-dealkylation sites (tertiary alicyclic amines) is 2. The van der Waals surface area contributed by atoms with Gasteiger partial charge in [-0.15, -0.1) is 0 Å². The SMILES string of the molecule is Cc1cc(=O)c2ccccc2n1CC(=O)N1CC[C@]2(CCCN(C)C2=O)C1. The van der Waals surface area contributed by atoms with Crippen LogP contribution in [0.3, 0.4) is 0 Å². The van der Waals surface area contributed by atoms with Crippen molar-refractivity contribution < 1.29 is 9.59 Å². The highest BCUT2D eigenvalue weighted by atomic mass is 16.2. The molecule has 0 radical (unpaired) electrons. The largest absolute Gasteiger partial charge is 0.345 e. The van der Waals surface area contributed by atoms with Crippen molar-refractivity contribution in [2.24, 2.45) is 5.41 Å². The van der Waals surface area contributed by atoms with Gasteiger partial charge in [0.25, 0.3) is 0 Å². The second kappa shape index (κ2) is 6.51. The number of aryl methyl sites for hydroxylation is 1. The lowest BCUT2D eigenvalue weighted by Crippen LogP contribution is -2.48. The van der Waals surface area contributed by atoms with Gasteiger partial charge in [0, 0.05) is 43.8 Å². The molecule has 1 spiro atoms. The average molecular weight is 367 g/mol. The molecule has 2 aliphatic rings. The number of carbonyl (C=O) groups excluding carboxylic acids is 2. The molecule has 0 saturated carbocycles. The Morgan fingerprint density at radius 2 is 1.93 bits per heavy atom. The first kappa shape index (κ1) is 17.8. The smallest absolute Gasteiger partial charge is 0.242 e. The fourth-order valence-electron chi connectivity index (χ4n) is 4.63. The normalized spacial score (nSPS) is 22.8. The molecule has 6 nitrogen and oxygen atoms in total. The molecule has 2 amide bonds. The van der Waals surface area contributed by atoms with Crippen LogP contribution < -0.4 is 5.43 Å². The number of rotatable bonds is 2. The molecule has 1 aromatic carbocycles. The Kier molecular flexibility index (Phi) is 4.29. The molecular formula is C21H25N3O3. The average Bonchev–Trinajstić information content (AvgIpc) is 3.08. The molecule has 1 atom stereocenters. The molecule has 0 bridgehead atoms. The summed E-state index contributed by atoms with van der Waals surface area (Å²) in [7, 11) is 1.85. The molecule has 3 heterocycles. The molecule has 27 heavy (non-hydrogen) atoms. The zero-order valence-electron chi connectivity index (χ0n) is 15.9. The molecule has 0 N–H and O–H groups in total. The number of aromatic nitrogens is 1. The summed E-state index contributed by atoms with van der Waals surface area (Å²) in [6.45, 7) is 3.97. The third kappa shape index (κ3) is 2.93. The molecule has 2 aliphatic heterocycles. The van der Waals surface area contributed by atoms with E-state index in [1.807, 2.05) is 41.6 Å². The van der Waals surface area contributed by atoms with Gasteiger partial charge in [0.2, 0.25) is 11.8 Å². The second-order valence-electron chi connectivity index (χ2n) is 7.93. The van der Waals surface area contributed by atoms with Crippen molar-refractivity contribution in [2.45, 2.75) is 32.7 Å². The Morgan fingerprint density at radius 1 is 1.15 bits per heavy atom. The number of hydrogen-bond acceptors (Lipinski definition) is 3. The van der Waals surface area contributed by atoms with E-state index in [0.717, 1.165) is 37.0 Å². The minimum Gasteiger partial charge on any atom is -0.345 e. The van der Waals surface area contributed by atoms with E-state index in [4.69, 9.17) is 0 Å². The number of amides is 2. The summed E-state index contributed by atoms with van der Waals surface area (Å²) >= 11 is 0. The molecule has 0 unspecified atom stereocenters. The van der Waals surface area contributed by atoms with Crippen molar-refractivity contribution in [3.63, 3.8) is 0 Å². The van der Waals surface area contributed by atoms with Crippen LogP contribution in [0.4, 0.5) is 0 Å². The summed E-state index contributed by atoms with van der Waals surface area (Å²) in [6.07, 6.45) is 2.60. The lowest BCUT2D eigenvalue weighted by atomic mass is 9.78. The van der Waals surface area contributed by atoms with Gasteiger partial charge in [-0.1, -0.05) is 12.1 Å². The number of hydrogen-bond donors (Lipinski definition) is 0. The maximum atomic E-state index is 13.0. The van der Waals surface area contributed by atoms with Gasteiger partial charge in [-0.25, -0.2) is 0 Å². The summed E-state index contributed by atoms with van der Waals surface area (Å²) in [5.41, 5.74) is 1.12. The van der Waals surface area contributed by atoms with Crippen LogP contribution in [0.15, 0.2) is 35.1 Å². The van der Waals surface area contributed by atoms with E-state index in [1.165, 1.54) is 0 Å². The lowest BCUT2D eigenvalue weighted by Gasteiger charge is -2.37. The maximum Gasteiger partial charge on any atom is 0.242 e. The monoisotopic (exact) mass is 367 g/mol. The lowest BCUT2D eigenvalue weighted by molar-refractivity contribution is -0.144. The van der Waals surface area contributed by atoms with Crippen LogP contribution in [0.1, 0.15) is 25.0 Å². The summed E-state index contributed by atoms with van der Waals surface area (Å²) in [6, 6.07) is 8.96. The van der Waals surface area contributed by atoms with Crippen LogP contribution >= 0.6 is 0 Å². The van der Waals surface area contributed by atoms with Gasteiger partial charge in [0.05, 0.1) is 10.9 Å². The first-order valence-corrected chi connectivity index (χ1v) is 9.54. The van der Waals surface area contributed by atoms with E-state index in [2.05, 4.69) is 0 Å². The molecular weight excluding hydrogens is 342 g/mol. The summed E-state index contributed by atoms with van der Waals surface area (Å²) in [5.74, 6) is 0.179. The van der Waals surface area contributed by atoms with Crippen molar-refractivity contribution in [3.8, 4) is 0 Å². The molecule has 2 saturated heterocycles. The Labute approximate surface area is 158 Å².